The van der Waals surface area contributed by atoms with Gasteiger partial charge in [-0.15, -0.1) is 0 Å². The number of furan rings is 1. The molecule has 6 heteroatoms. The van der Waals surface area contributed by atoms with Crippen molar-refractivity contribution in [3.63, 3.8) is 0 Å². The Kier molecular flexibility index (Phi) is 5.36. The lowest BCUT2D eigenvalue weighted by molar-refractivity contribution is 0.122. The van der Waals surface area contributed by atoms with Gasteiger partial charge in [0.05, 0.1) is 24.6 Å². The highest BCUT2D eigenvalue weighted by Crippen LogP contribution is 2.31. The average Bonchev–Trinajstić information content (AvgIpc) is 3.33. The first kappa shape index (κ1) is 19.2. The molecule has 6 nitrogen and oxygen atoms in total. The van der Waals surface area contributed by atoms with E-state index in [2.05, 4.69) is 11.5 Å². The minimum absolute atomic E-state index is 0.711. The lowest BCUT2D eigenvalue weighted by Gasteiger charge is -2.28. The van der Waals surface area contributed by atoms with Gasteiger partial charge < -0.3 is 14.1 Å². The van der Waals surface area contributed by atoms with Crippen LogP contribution in [-0.2, 0) is 4.74 Å². The SMILES string of the molecule is C=C(C)/C=C(\C=C/C)c1ccn(-c2cc(N3CCOCC3)c3oc(C)cc3n2)n1. The lowest BCUT2D eigenvalue weighted by Crippen LogP contribution is -2.36. The van der Waals surface area contributed by atoms with Crippen molar-refractivity contribution in [2.24, 2.45) is 0 Å². The van der Waals surface area contributed by atoms with Crippen LogP contribution in [0.5, 0.6) is 0 Å². The molecule has 0 atom stereocenters. The van der Waals surface area contributed by atoms with Crippen molar-refractivity contribution in [2.45, 2.75) is 20.8 Å². The predicted octanol–water partition coefficient (Wildman–Crippen LogP) is 4.69. The summed E-state index contributed by atoms with van der Waals surface area (Å²) in [5.41, 5.74) is 5.57. The van der Waals surface area contributed by atoms with Crippen molar-refractivity contribution in [3.8, 4) is 5.82 Å². The highest BCUT2D eigenvalue weighted by molar-refractivity contribution is 5.88. The van der Waals surface area contributed by atoms with E-state index >= 15 is 0 Å². The largest absolute Gasteiger partial charge is 0.457 e. The molecule has 0 amide bonds. The summed E-state index contributed by atoms with van der Waals surface area (Å²) in [7, 11) is 0. The molecule has 0 N–H and O–H groups in total. The average molecular weight is 390 g/mol. The van der Waals surface area contributed by atoms with Crippen LogP contribution in [0.4, 0.5) is 5.69 Å². The molecule has 0 spiro atoms. The van der Waals surface area contributed by atoms with Gasteiger partial charge in [0.15, 0.2) is 11.4 Å². The summed E-state index contributed by atoms with van der Waals surface area (Å²) in [5.74, 6) is 1.61. The second-order valence-electron chi connectivity index (χ2n) is 7.26. The molecule has 0 aromatic carbocycles. The first-order chi connectivity index (χ1) is 14.0. The van der Waals surface area contributed by atoms with E-state index in [-0.39, 0.29) is 0 Å². The molecule has 0 unspecified atom stereocenters. The first-order valence-corrected chi connectivity index (χ1v) is 9.85. The van der Waals surface area contributed by atoms with Crippen LogP contribution in [0.1, 0.15) is 25.3 Å². The second-order valence-corrected chi connectivity index (χ2v) is 7.26. The van der Waals surface area contributed by atoms with Gasteiger partial charge in [0.2, 0.25) is 0 Å². The highest BCUT2D eigenvalue weighted by atomic mass is 16.5. The summed E-state index contributed by atoms with van der Waals surface area (Å²) in [5, 5.41) is 4.77. The van der Waals surface area contributed by atoms with Gasteiger partial charge in [0.25, 0.3) is 0 Å². The molecule has 0 radical (unpaired) electrons. The number of fused-ring (bicyclic) bond motifs is 1. The number of pyridine rings is 1. The molecule has 4 heterocycles. The number of hydrogen-bond donors (Lipinski definition) is 0. The normalized spacial score (nSPS) is 15.6. The number of allylic oxidation sites excluding steroid dienone is 5. The van der Waals surface area contributed by atoms with Crippen LogP contribution in [0.25, 0.3) is 22.5 Å². The van der Waals surface area contributed by atoms with Gasteiger partial charge in [-0.05, 0) is 26.8 Å². The number of morpholine rings is 1. The third-order valence-electron chi connectivity index (χ3n) is 4.79. The van der Waals surface area contributed by atoms with E-state index in [1.165, 1.54) is 0 Å². The van der Waals surface area contributed by atoms with Crippen LogP contribution in [-0.4, -0.2) is 41.1 Å². The van der Waals surface area contributed by atoms with E-state index in [9.17, 15) is 0 Å². The zero-order valence-electron chi connectivity index (χ0n) is 17.2. The molecule has 3 aromatic rings. The molecule has 0 bridgehead atoms. The van der Waals surface area contributed by atoms with E-state index in [0.29, 0.717) is 13.2 Å². The zero-order chi connectivity index (χ0) is 20.4. The van der Waals surface area contributed by atoms with Gasteiger partial charge >= 0.3 is 0 Å². The Hall–Kier alpha value is -3.12. The number of aromatic nitrogens is 3. The second kappa shape index (κ2) is 8.09. The maximum Gasteiger partial charge on any atom is 0.176 e. The highest BCUT2D eigenvalue weighted by Gasteiger charge is 2.19. The number of aryl methyl sites for hydroxylation is 1. The van der Waals surface area contributed by atoms with Crippen LogP contribution >= 0.6 is 0 Å². The van der Waals surface area contributed by atoms with Gasteiger partial charge in [0.1, 0.15) is 11.3 Å². The van der Waals surface area contributed by atoms with E-state index in [4.69, 9.17) is 19.2 Å². The smallest absolute Gasteiger partial charge is 0.176 e. The van der Waals surface area contributed by atoms with Crippen LogP contribution in [0.3, 0.4) is 0 Å². The molecule has 3 aromatic heterocycles. The zero-order valence-corrected chi connectivity index (χ0v) is 17.2. The fourth-order valence-electron chi connectivity index (χ4n) is 3.53. The number of anilines is 1. The molecular formula is C23H26N4O2. The van der Waals surface area contributed by atoms with Crippen LogP contribution in [0, 0.1) is 6.92 Å². The summed E-state index contributed by atoms with van der Waals surface area (Å²) < 4.78 is 13.3. The van der Waals surface area contributed by atoms with E-state index < -0.39 is 0 Å². The van der Waals surface area contributed by atoms with Gasteiger partial charge in [-0.1, -0.05) is 30.4 Å². The molecule has 4 rings (SSSR count). The van der Waals surface area contributed by atoms with Crippen molar-refractivity contribution in [2.75, 3.05) is 31.2 Å². The molecular weight excluding hydrogens is 364 g/mol. The maximum absolute atomic E-state index is 5.96. The van der Waals surface area contributed by atoms with Crippen LogP contribution in [0.15, 0.2) is 59.2 Å². The lowest BCUT2D eigenvalue weighted by atomic mass is 10.1. The standard InChI is InChI=1S/C23H26N4O2/c1-5-6-18(13-16(2)3)19-7-8-27(25-19)22-15-21(26-9-11-28-12-10-26)23-20(24-22)14-17(4)29-23/h5-8,13-15H,2,9-12H2,1,3-4H3/b6-5-,18-13+. The topological polar surface area (TPSA) is 56.3 Å². The van der Waals surface area contributed by atoms with Gasteiger partial charge in [-0.25, -0.2) is 9.67 Å². The van der Waals surface area contributed by atoms with Crippen molar-refractivity contribution in [3.05, 3.63) is 66.2 Å². The molecule has 29 heavy (non-hydrogen) atoms. The van der Waals surface area contributed by atoms with E-state index in [1.54, 1.807) is 0 Å². The summed E-state index contributed by atoms with van der Waals surface area (Å²) in [6, 6.07) is 6.01. The monoisotopic (exact) mass is 390 g/mol. The molecule has 1 aliphatic heterocycles. The van der Waals surface area contributed by atoms with Gasteiger partial charge in [0, 0.05) is 37.0 Å². The summed E-state index contributed by atoms with van der Waals surface area (Å²) in [4.78, 5) is 7.08. The Labute approximate surface area is 170 Å². The minimum atomic E-state index is 0.711. The first-order valence-electron chi connectivity index (χ1n) is 9.85. The van der Waals surface area contributed by atoms with E-state index in [1.807, 2.05) is 68.1 Å². The van der Waals surface area contributed by atoms with Crippen molar-refractivity contribution in [1.82, 2.24) is 14.8 Å². The molecule has 1 aliphatic rings. The van der Waals surface area contributed by atoms with Crippen LogP contribution in [0.2, 0.25) is 0 Å². The Morgan fingerprint density at radius 2 is 2.03 bits per heavy atom. The fourth-order valence-corrected chi connectivity index (χ4v) is 3.53. The predicted molar refractivity (Wildman–Crippen MR) is 117 cm³/mol. The Bertz CT molecular complexity index is 1100. The minimum Gasteiger partial charge on any atom is -0.457 e. The molecule has 0 saturated carbocycles. The summed E-state index contributed by atoms with van der Waals surface area (Å²) in [6.45, 7) is 13.0. The molecule has 150 valence electrons. The fraction of sp³-hybridized carbons (Fsp3) is 0.304. The third-order valence-corrected chi connectivity index (χ3v) is 4.79. The summed E-state index contributed by atoms with van der Waals surface area (Å²) in [6.07, 6.45) is 8.01. The number of ether oxygens (including phenoxy) is 1. The molecule has 0 aliphatic carbocycles. The number of nitrogens with zero attached hydrogens (tertiary/aromatic N) is 4. The molecule has 1 fully saturated rings. The Balaban J connectivity index is 1.78. The summed E-state index contributed by atoms with van der Waals surface area (Å²) >= 11 is 0. The van der Waals surface area contributed by atoms with Gasteiger partial charge in [-0.3, -0.25) is 0 Å². The third kappa shape index (κ3) is 4.03. The van der Waals surface area contributed by atoms with Gasteiger partial charge in [-0.2, -0.15) is 5.10 Å². The van der Waals surface area contributed by atoms with Crippen molar-refractivity contribution in [1.29, 1.82) is 0 Å². The Morgan fingerprint density at radius 3 is 2.76 bits per heavy atom. The molecule has 1 saturated heterocycles. The van der Waals surface area contributed by atoms with Crippen molar-refractivity contribution >= 4 is 22.4 Å². The Morgan fingerprint density at radius 1 is 1.24 bits per heavy atom. The van der Waals surface area contributed by atoms with Crippen molar-refractivity contribution < 1.29 is 9.15 Å². The maximum atomic E-state index is 5.96. The van der Waals surface area contributed by atoms with Crippen LogP contribution < -0.4 is 4.90 Å². The number of rotatable bonds is 5. The number of hydrogen-bond acceptors (Lipinski definition) is 5. The quantitative estimate of drug-likeness (QED) is 0.591. The van der Waals surface area contributed by atoms with E-state index in [0.717, 1.165) is 58.3 Å².